The Hall–Kier alpha value is -3.44. The molecule has 1 saturated carbocycles. The van der Waals surface area contributed by atoms with E-state index in [0.717, 1.165) is 6.33 Å². The van der Waals surface area contributed by atoms with Crippen LogP contribution in [-0.4, -0.2) is 110 Å². The average Bonchev–Trinajstić information content (AvgIpc) is 3.71. The second-order valence-electron chi connectivity index (χ2n) is 11.7. The summed E-state index contributed by atoms with van der Waals surface area (Å²) >= 11 is 0. The van der Waals surface area contributed by atoms with E-state index >= 15 is 0 Å². The largest absolute Gasteiger partial charge is 0.472 e. The summed E-state index contributed by atoms with van der Waals surface area (Å²) in [5, 5.41) is 0. The predicted molar refractivity (Wildman–Crippen MR) is 155 cm³/mol. The first-order chi connectivity index (χ1) is 22.8. The molecule has 8 N–H and O–H groups in total. The summed E-state index contributed by atoms with van der Waals surface area (Å²) in [6.45, 7) is -1.08. The van der Waals surface area contributed by atoms with Gasteiger partial charge >= 0.3 is 15.6 Å². The van der Waals surface area contributed by atoms with Crippen LogP contribution < -0.4 is 17.0 Å². The van der Waals surface area contributed by atoms with Crippen LogP contribution in [-0.2, 0) is 41.6 Å². The van der Waals surface area contributed by atoms with Crippen LogP contribution in [0, 0.1) is 5.92 Å². The van der Waals surface area contributed by atoms with Gasteiger partial charge in [-0.05, 0) is 0 Å². The molecule has 1 aliphatic carbocycles. The Morgan fingerprint density at radius 2 is 1.77 bits per heavy atom. The van der Waals surface area contributed by atoms with Crippen LogP contribution in [0.1, 0.15) is 18.9 Å². The van der Waals surface area contributed by atoms with E-state index in [9.17, 15) is 28.6 Å². The van der Waals surface area contributed by atoms with Crippen LogP contribution in [0.4, 0.5) is 11.8 Å². The van der Waals surface area contributed by atoms with E-state index in [1.54, 1.807) is 4.57 Å². The molecular formula is C23H28N10O13P2. The minimum Gasteiger partial charge on any atom is -0.382 e. The number of aromatic nitrogens is 8. The lowest BCUT2D eigenvalue weighted by atomic mass is 9.62. The first-order valence-corrected chi connectivity index (χ1v) is 17.3. The second-order valence-corrected chi connectivity index (χ2v) is 14.3. The molecule has 0 radical (unpaired) electrons. The van der Waals surface area contributed by atoms with Crippen molar-refractivity contribution in [2.24, 2.45) is 5.92 Å². The van der Waals surface area contributed by atoms with Crippen molar-refractivity contribution in [1.82, 2.24) is 39.0 Å². The number of nitrogens with one attached hydrogen (secondary N) is 1. The van der Waals surface area contributed by atoms with Crippen molar-refractivity contribution in [1.29, 1.82) is 0 Å². The molecule has 4 fully saturated rings. The molecule has 10 atom stereocenters. The van der Waals surface area contributed by atoms with Gasteiger partial charge in [-0.15, -0.1) is 0 Å². The number of hydrogen-bond donors (Lipinski definition) is 6. The van der Waals surface area contributed by atoms with Gasteiger partial charge in [0.15, 0.2) is 35.1 Å². The minimum absolute atomic E-state index is 0.0742. The van der Waals surface area contributed by atoms with E-state index in [2.05, 4.69) is 34.4 Å². The molecule has 23 nitrogen and oxygen atoms in total. The van der Waals surface area contributed by atoms with Crippen LogP contribution in [0.2, 0.25) is 0 Å². The summed E-state index contributed by atoms with van der Waals surface area (Å²) < 4.78 is 67.6. The number of ether oxygens (including phenoxy) is 4. The van der Waals surface area contributed by atoms with Gasteiger partial charge in [0.05, 0.1) is 32.0 Å². The molecule has 3 saturated heterocycles. The molecule has 0 bridgehead atoms. The molecular weight excluding hydrogens is 686 g/mol. The van der Waals surface area contributed by atoms with Crippen LogP contribution in [0.15, 0.2) is 23.8 Å². The highest BCUT2D eigenvalue weighted by Gasteiger charge is 2.74. The molecule has 258 valence electrons. The summed E-state index contributed by atoms with van der Waals surface area (Å²) in [5.74, 6) is -0.233. The lowest BCUT2D eigenvalue weighted by molar-refractivity contribution is -0.272. The van der Waals surface area contributed by atoms with Crippen LogP contribution >= 0.6 is 15.6 Å². The Bertz CT molecular complexity index is 2070. The van der Waals surface area contributed by atoms with E-state index in [0.29, 0.717) is 17.6 Å². The molecule has 4 aromatic rings. The van der Waals surface area contributed by atoms with Gasteiger partial charge in [-0.25, -0.2) is 29.1 Å². The highest BCUT2D eigenvalue weighted by molar-refractivity contribution is 7.47. The number of phosphoric ester groups is 2. The molecule has 4 aliphatic rings. The van der Waals surface area contributed by atoms with E-state index < -0.39 is 70.3 Å². The number of anilines is 2. The van der Waals surface area contributed by atoms with E-state index in [1.807, 2.05) is 0 Å². The van der Waals surface area contributed by atoms with Gasteiger partial charge in [-0.1, -0.05) is 0 Å². The summed E-state index contributed by atoms with van der Waals surface area (Å²) in [6.07, 6.45) is -2.32. The second kappa shape index (κ2) is 11.0. The number of phosphoric acid groups is 2. The summed E-state index contributed by atoms with van der Waals surface area (Å²) in [6, 6.07) is 0. The van der Waals surface area contributed by atoms with Crippen LogP contribution in [0.5, 0.6) is 0 Å². The van der Waals surface area contributed by atoms with E-state index in [1.165, 1.54) is 24.3 Å². The number of nitrogen functional groups attached to an aromatic ring is 2. The SMILES string of the molecule is COC1C(COP(=O)(O)O)OC(n2cnc3c(=O)[nH]c(N)nc32)C1OP(=O)(O)OCC12C[C@H]3OC(C(n4cnc5c(N)ncnc54)O1)C32. The molecule has 25 heteroatoms. The highest BCUT2D eigenvalue weighted by atomic mass is 31.2. The predicted octanol–water partition coefficient (Wildman–Crippen LogP) is -1.30. The fraction of sp³-hybridized carbons (Fsp3) is 0.565. The highest BCUT2D eigenvalue weighted by Crippen LogP contribution is 2.65. The third-order valence-electron chi connectivity index (χ3n) is 8.95. The summed E-state index contributed by atoms with van der Waals surface area (Å²) in [4.78, 5) is 64.9. The average molecular weight is 714 g/mol. The molecule has 4 aromatic heterocycles. The number of H-pyrrole nitrogens is 1. The Balaban J connectivity index is 1.04. The number of imidazole rings is 2. The molecule has 48 heavy (non-hydrogen) atoms. The number of nitrogens with zero attached hydrogens (tertiary/aromatic N) is 7. The molecule has 0 aromatic carbocycles. The summed E-state index contributed by atoms with van der Waals surface area (Å²) in [5.41, 5.74) is 10.6. The molecule has 0 spiro atoms. The zero-order valence-corrected chi connectivity index (χ0v) is 26.4. The van der Waals surface area contributed by atoms with Gasteiger partial charge in [0.1, 0.15) is 41.9 Å². The first kappa shape index (κ1) is 31.8. The molecule has 9 unspecified atom stereocenters. The van der Waals surface area contributed by atoms with Gasteiger partial charge in [-0.3, -0.25) is 32.5 Å². The van der Waals surface area contributed by atoms with Crippen molar-refractivity contribution >= 4 is 49.7 Å². The van der Waals surface area contributed by atoms with Gasteiger partial charge in [-0.2, -0.15) is 4.98 Å². The van der Waals surface area contributed by atoms with Crippen molar-refractivity contribution in [3.8, 4) is 0 Å². The van der Waals surface area contributed by atoms with Crippen molar-refractivity contribution < 1.29 is 56.3 Å². The molecule has 8 rings (SSSR count). The summed E-state index contributed by atoms with van der Waals surface area (Å²) in [7, 11) is -8.72. The molecule has 3 aliphatic heterocycles. The minimum atomic E-state index is -4.99. The third kappa shape index (κ3) is 5.06. The van der Waals surface area contributed by atoms with Gasteiger partial charge in [0.2, 0.25) is 5.95 Å². The maximum atomic E-state index is 13.6. The number of fused-ring (bicyclic) bond motifs is 2. The Kier molecular flexibility index (Phi) is 7.31. The van der Waals surface area contributed by atoms with Crippen molar-refractivity contribution in [3.63, 3.8) is 0 Å². The van der Waals surface area contributed by atoms with Crippen LogP contribution in [0.25, 0.3) is 22.3 Å². The topological polar surface area (TPSA) is 319 Å². The van der Waals surface area contributed by atoms with Crippen LogP contribution in [0.3, 0.4) is 0 Å². The van der Waals surface area contributed by atoms with E-state index in [4.69, 9.17) is 39.5 Å². The van der Waals surface area contributed by atoms with Crippen molar-refractivity contribution in [2.75, 3.05) is 31.8 Å². The lowest BCUT2D eigenvalue weighted by Crippen LogP contribution is -2.68. The monoisotopic (exact) mass is 714 g/mol. The number of hydrogen-bond acceptors (Lipinski definition) is 17. The molecule has 0 amide bonds. The Morgan fingerprint density at radius 3 is 2.50 bits per heavy atom. The fourth-order valence-electron chi connectivity index (χ4n) is 6.90. The zero-order chi connectivity index (χ0) is 33.7. The molecule has 7 heterocycles. The van der Waals surface area contributed by atoms with Crippen molar-refractivity contribution in [2.45, 2.75) is 55.0 Å². The number of aromatic amines is 1. The Morgan fingerprint density at radius 1 is 1.02 bits per heavy atom. The van der Waals surface area contributed by atoms with Gasteiger partial charge in [0, 0.05) is 19.4 Å². The number of rotatable bonds is 11. The number of nitrogens with two attached hydrogens (primary N) is 2. The quantitative estimate of drug-likeness (QED) is 0.0983. The van der Waals surface area contributed by atoms with Gasteiger partial charge in [0.25, 0.3) is 5.56 Å². The maximum Gasteiger partial charge on any atom is 0.472 e. The third-order valence-corrected chi connectivity index (χ3v) is 10.4. The number of methoxy groups -OCH3 is 1. The first-order valence-electron chi connectivity index (χ1n) is 14.3. The lowest BCUT2D eigenvalue weighted by Gasteiger charge is -2.57. The Labute approximate surface area is 267 Å². The maximum absolute atomic E-state index is 13.6. The van der Waals surface area contributed by atoms with Crippen molar-refractivity contribution in [3.05, 3.63) is 29.3 Å². The zero-order valence-electron chi connectivity index (χ0n) is 24.6. The standard InChI is InChI=1S/C23H28N10O13P2/c1-40-13-9(3-41-47(35,36)37)44-20(33-7-29-12-18(33)30-22(25)31-19(12)34)15(13)46-48(38,39)42-4-23-2-8-10(23)14(43-8)21(45-23)32-6-28-11-16(24)26-5-27-17(11)32/h5-10,13-15,20-21H,2-4H2,1H3,(H,38,39)(H2,24,26,27)(H2,35,36,37)(H3,25,30,31,34)/t8-,9?,10?,13?,14?,15?,20?,21?,23?/m1/s1. The fourth-order valence-corrected chi connectivity index (χ4v) is 8.22. The normalized spacial score (nSPS) is 33.8. The van der Waals surface area contributed by atoms with E-state index in [-0.39, 0.29) is 41.6 Å². The smallest absolute Gasteiger partial charge is 0.382 e. The van der Waals surface area contributed by atoms with Gasteiger partial charge < -0.3 is 45.1 Å².